The molecule has 3 aromatic rings. The van der Waals surface area contributed by atoms with Gasteiger partial charge in [0.2, 0.25) is 11.8 Å². The van der Waals surface area contributed by atoms with Crippen LogP contribution < -0.4 is 16.1 Å². The fourth-order valence-corrected chi connectivity index (χ4v) is 3.43. The first-order valence-electron chi connectivity index (χ1n) is 8.82. The molecular weight excluding hydrogens is 344 g/mol. The van der Waals surface area contributed by atoms with Crippen molar-refractivity contribution in [3.05, 3.63) is 59.8 Å². The number of nitrogens with one attached hydrogen (secondary N) is 4. The molecule has 0 fully saturated rings. The number of hydrogen-bond acceptors (Lipinski definition) is 4. The van der Waals surface area contributed by atoms with Crippen LogP contribution in [-0.4, -0.2) is 28.0 Å². The number of para-hydroxylation sites is 1. The summed E-state index contributed by atoms with van der Waals surface area (Å²) in [4.78, 5) is 27.0. The molecular formula is C20H20N4O3. The Morgan fingerprint density at radius 1 is 1.15 bits per heavy atom. The number of benzene rings is 2. The molecule has 0 radical (unpaired) electrons. The van der Waals surface area contributed by atoms with Crippen LogP contribution in [0.5, 0.6) is 0 Å². The summed E-state index contributed by atoms with van der Waals surface area (Å²) in [6.07, 6.45) is 3.19. The Kier molecular flexibility index (Phi) is 4.52. The first-order valence-corrected chi connectivity index (χ1v) is 8.82. The Morgan fingerprint density at radius 3 is 2.85 bits per heavy atom. The minimum atomic E-state index is -0.436. The molecule has 1 aliphatic heterocycles. The number of H-pyrrole nitrogens is 1. The van der Waals surface area contributed by atoms with Crippen LogP contribution in [0.2, 0.25) is 0 Å². The van der Waals surface area contributed by atoms with Crippen molar-refractivity contribution in [1.82, 2.24) is 10.5 Å². The number of aromatic amines is 1. The van der Waals surface area contributed by atoms with Crippen molar-refractivity contribution < 1.29 is 14.8 Å². The third-order valence-electron chi connectivity index (χ3n) is 4.85. The lowest BCUT2D eigenvalue weighted by atomic mass is 10.0. The Morgan fingerprint density at radius 2 is 2.00 bits per heavy atom. The number of anilines is 2. The van der Waals surface area contributed by atoms with Gasteiger partial charge in [0, 0.05) is 29.9 Å². The van der Waals surface area contributed by atoms with E-state index in [1.165, 1.54) is 0 Å². The van der Waals surface area contributed by atoms with Gasteiger partial charge in [-0.05, 0) is 35.7 Å². The van der Waals surface area contributed by atoms with E-state index in [-0.39, 0.29) is 18.4 Å². The molecule has 27 heavy (non-hydrogen) atoms. The number of carbonyl (C=O) groups is 2. The average Bonchev–Trinajstić information content (AvgIpc) is 3.09. The van der Waals surface area contributed by atoms with E-state index in [1.807, 2.05) is 48.7 Å². The molecule has 2 amide bonds. The highest BCUT2D eigenvalue weighted by Crippen LogP contribution is 2.30. The van der Waals surface area contributed by atoms with Gasteiger partial charge in [-0.2, -0.15) is 0 Å². The van der Waals surface area contributed by atoms with E-state index in [1.54, 1.807) is 5.48 Å². The van der Waals surface area contributed by atoms with Gasteiger partial charge in [0.15, 0.2) is 0 Å². The number of hydroxylamine groups is 1. The van der Waals surface area contributed by atoms with Gasteiger partial charge in [-0.3, -0.25) is 14.8 Å². The summed E-state index contributed by atoms with van der Waals surface area (Å²) >= 11 is 0. The molecule has 7 heteroatoms. The normalized spacial score (nSPS) is 15.7. The van der Waals surface area contributed by atoms with Crippen LogP contribution in [-0.2, 0) is 22.4 Å². The van der Waals surface area contributed by atoms with Crippen LogP contribution in [0.25, 0.3) is 10.9 Å². The van der Waals surface area contributed by atoms with Gasteiger partial charge in [-0.15, -0.1) is 0 Å². The zero-order valence-corrected chi connectivity index (χ0v) is 14.6. The topological polar surface area (TPSA) is 106 Å². The maximum atomic E-state index is 12.6. The predicted octanol–water partition coefficient (Wildman–Crippen LogP) is 2.58. The van der Waals surface area contributed by atoms with E-state index in [9.17, 15) is 9.59 Å². The molecule has 1 aromatic heterocycles. The molecule has 0 bridgehead atoms. The summed E-state index contributed by atoms with van der Waals surface area (Å²) < 4.78 is 0. The minimum Gasteiger partial charge on any atom is -0.372 e. The van der Waals surface area contributed by atoms with Crippen LogP contribution in [0.4, 0.5) is 11.4 Å². The molecule has 138 valence electrons. The second-order valence-corrected chi connectivity index (χ2v) is 6.66. The van der Waals surface area contributed by atoms with E-state index in [0.717, 1.165) is 27.7 Å². The van der Waals surface area contributed by atoms with Gasteiger partial charge < -0.3 is 15.6 Å². The molecule has 0 aliphatic carbocycles. The summed E-state index contributed by atoms with van der Waals surface area (Å²) in [5.74, 6) is -0.522. The van der Waals surface area contributed by atoms with Gasteiger partial charge in [-0.1, -0.05) is 24.3 Å². The second-order valence-electron chi connectivity index (χ2n) is 6.66. The van der Waals surface area contributed by atoms with Crippen molar-refractivity contribution in [3.8, 4) is 0 Å². The van der Waals surface area contributed by atoms with E-state index >= 15 is 0 Å². The van der Waals surface area contributed by atoms with E-state index in [2.05, 4.69) is 15.6 Å². The van der Waals surface area contributed by atoms with Crippen molar-refractivity contribution >= 4 is 34.1 Å². The van der Waals surface area contributed by atoms with Gasteiger partial charge in [0.25, 0.3) is 0 Å². The molecule has 2 aromatic carbocycles. The zero-order valence-electron chi connectivity index (χ0n) is 14.6. The molecule has 1 aliphatic rings. The maximum Gasteiger partial charge on any atom is 0.247 e. The van der Waals surface area contributed by atoms with Crippen molar-refractivity contribution in [3.63, 3.8) is 0 Å². The lowest BCUT2D eigenvalue weighted by Gasteiger charge is -2.27. The summed E-state index contributed by atoms with van der Waals surface area (Å²) in [6.45, 7) is 0. The van der Waals surface area contributed by atoms with Crippen LogP contribution in [0.3, 0.4) is 0 Å². The molecule has 1 atom stereocenters. The smallest absolute Gasteiger partial charge is 0.247 e. The highest BCUT2D eigenvalue weighted by Gasteiger charge is 2.26. The number of amides is 2. The van der Waals surface area contributed by atoms with Gasteiger partial charge in [0.1, 0.15) is 6.04 Å². The molecule has 4 rings (SSSR count). The zero-order chi connectivity index (χ0) is 18.8. The number of aryl methyl sites for hydroxylation is 1. The quantitative estimate of drug-likeness (QED) is 0.354. The number of aromatic nitrogens is 1. The first kappa shape index (κ1) is 17.1. The van der Waals surface area contributed by atoms with E-state index in [4.69, 9.17) is 5.21 Å². The van der Waals surface area contributed by atoms with Crippen molar-refractivity contribution in [2.45, 2.75) is 25.3 Å². The average molecular weight is 364 g/mol. The van der Waals surface area contributed by atoms with Crippen LogP contribution >= 0.6 is 0 Å². The summed E-state index contributed by atoms with van der Waals surface area (Å²) in [5, 5.41) is 16.0. The lowest BCUT2D eigenvalue weighted by Crippen LogP contribution is -2.40. The monoisotopic (exact) mass is 364 g/mol. The fraction of sp³-hybridized carbons (Fsp3) is 0.200. The molecule has 0 saturated heterocycles. The third kappa shape index (κ3) is 3.50. The molecule has 2 heterocycles. The number of carbonyl (C=O) groups excluding carboxylic acids is 2. The van der Waals surface area contributed by atoms with Crippen molar-refractivity contribution in [1.29, 1.82) is 0 Å². The SMILES string of the molecule is O=C(CCc1ccc2c(c1)NC(=O)C(Cc1c[nH]c3ccccc13)N2)NO. The Balaban J connectivity index is 1.50. The van der Waals surface area contributed by atoms with E-state index < -0.39 is 5.91 Å². The number of fused-ring (bicyclic) bond motifs is 2. The molecule has 7 nitrogen and oxygen atoms in total. The lowest BCUT2D eigenvalue weighted by molar-refractivity contribution is -0.129. The largest absolute Gasteiger partial charge is 0.372 e. The highest BCUT2D eigenvalue weighted by atomic mass is 16.5. The second kappa shape index (κ2) is 7.13. The van der Waals surface area contributed by atoms with Crippen molar-refractivity contribution in [2.24, 2.45) is 0 Å². The number of rotatable bonds is 5. The predicted molar refractivity (Wildman–Crippen MR) is 103 cm³/mol. The van der Waals surface area contributed by atoms with Gasteiger partial charge in [-0.25, -0.2) is 5.48 Å². The fourth-order valence-electron chi connectivity index (χ4n) is 3.43. The molecule has 0 spiro atoms. The number of hydrogen-bond donors (Lipinski definition) is 5. The standard InChI is InChI=1S/C20H20N4O3/c25-19(24-27)8-6-12-5-7-16-17(9-12)23-20(26)18(22-16)10-13-11-21-15-4-2-1-3-14(13)15/h1-5,7,9,11,18,21-22,27H,6,8,10H2,(H,23,26)(H,24,25). The van der Waals surface area contributed by atoms with Crippen LogP contribution in [0, 0.1) is 0 Å². The van der Waals surface area contributed by atoms with Crippen LogP contribution in [0.15, 0.2) is 48.7 Å². The molecule has 0 saturated carbocycles. The summed E-state index contributed by atoms with van der Waals surface area (Å²) in [7, 11) is 0. The Bertz CT molecular complexity index is 1010. The van der Waals surface area contributed by atoms with Gasteiger partial charge >= 0.3 is 0 Å². The Labute approximate surface area is 155 Å². The van der Waals surface area contributed by atoms with Gasteiger partial charge in [0.05, 0.1) is 11.4 Å². The minimum absolute atomic E-state index is 0.0852. The molecule has 5 N–H and O–H groups in total. The summed E-state index contributed by atoms with van der Waals surface area (Å²) in [6, 6.07) is 13.3. The molecule has 1 unspecified atom stereocenters. The highest BCUT2D eigenvalue weighted by molar-refractivity contribution is 6.03. The third-order valence-corrected chi connectivity index (χ3v) is 4.85. The van der Waals surface area contributed by atoms with Crippen molar-refractivity contribution in [2.75, 3.05) is 10.6 Å². The summed E-state index contributed by atoms with van der Waals surface area (Å²) in [5.41, 5.74) is 6.24. The van der Waals surface area contributed by atoms with Crippen LogP contribution in [0.1, 0.15) is 17.5 Å². The maximum absolute atomic E-state index is 12.6. The Hall–Kier alpha value is -3.32. The van der Waals surface area contributed by atoms with E-state index in [0.29, 0.717) is 18.5 Å². The first-order chi connectivity index (χ1) is 13.1.